The first-order valence-corrected chi connectivity index (χ1v) is 11.5. The molecule has 0 aliphatic carbocycles. The molecule has 6 heteroatoms. The molecule has 2 aromatic carbocycles. The molecule has 30 heavy (non-hydrogen) atoms. The lowest BCUT2D eigenvalue weighted by molar-refractivity contribution is -0.128. The number of thioether (sulfide) groups is 1. The maximum Gasteiger partial charge on any atom is 0.262 e. The van der Waals surface area contributed by atoms with Crippen molar-refractivity contribution < 1.29 is 4.79 Å². The molecular weight excluding hydrogens is 394 g/mol. The van der Waals surface area contributed by atoms with E-state index in [9.17, 15) is 9.59 Å². The van der Waals surface area contributed by atoms with Gasteiger partial charge in [-0.15, -0.1) is 0 Å². The minimum atomic E-state index is -0.184. The number of para-hydroxylation sites is 1. The van der Waals surface area contributed by atoms with E-state index in [0.717, 1.165) is 24.9 Å². The molecule has 158 valence electrons. The number of rotatable bonds is 9. The molecule has 0 saturated heterocycles. The molecule has 0 spiro atoms. The van der Waals surface area contributed by atoms with Gasteiger partial charge in [0.2, 0.25) is 5.91 Å². The summed E-state index contributed by atoms with van der Waals surface area (Å²) in [4.78, 5) is 32.7. The van der Waals surface area contributed by atoms with Crippen LogP contribution >= 0.6 is 11.8 Å². The van der Waals surface area contributed by atoms with Crippen LogP contribution in [0, 0.1) is 0 Å². The van der Waals surface area contributed by atoms with Gasteiger partial charge in [0.05, 0.1) is 22.7 Å². The van der Waals surface area contributed by atoms with E-state index in [2.05, 4.69) is 6.92 Å². The number of amides is 1. The van der Waals surface area contributed by atoms with Gasteiger partial charge in [0, 0.05) is 13.1 Å². The molecule has 0 bridgehead atoms. The quantitative estimate of drug-likeness (QED) is 0.368. The molecule has 0 saturated carbocycles. The van der Waals surface area contributed by atoms with Crippen LogP contribution in [-0.4, -0.2) is 39.2 Å². The van der Waals surface area contributed by atoms with Crippen molar-refractivity contribution in [1.82, 2.24) is 14.5 Å². The first-order chi connectivity index (χ1) is 14.6. The summed E-state index contributed by atoms with van der Waals surface area (Å²) in [5.74, 6) is 0.349. The number of unbranched alkanes of at least 4 members (excludes halogenated alkanes) is 1. The molecule has 0 aliphatic heterocycles. The van der Waals surface area contributed by atoms with Crippen LogP contribution in [-0.2, 0) is 4.79 Å². The van der Waals surface area contributed by atoms with Gasteiger partial charge in [0.25, 0.3) is 5.56 Å². The van der Waals surface area contributed by atoms with Crippen LogP contribution < -0.4 is 5.56 Å². The third-order valence-corrected chi connectivity index (χ3v) is 6.22. The van der Waals surface area contributed by atoms with E-state index in [1.165, 1.54) is 11.8 Å². The maximum absolute atomic E-state index is 13.4. The second kappa shape index (κ2) is 10.4. The fourth-order valence-electron chi connectivity index (χ4n) is 3.48. The first kappa shape index (κ1) is 22.1. The predicted octanol–water partition coefficient (Wildman–Crippen LogP) is 4.75. The van der Waals surface area contributed by atoms with Crippen molar-refractivity contribution in [3.05, 3.63) is 70.5 Å². The summed E-state index contributed by atoms with van der Waals surface area (Å²) in [6.45, 7) is 7.58. The standard InChI is InChI=1S/C24H29N3O2S/c1-4-6-16-26(5-2)22(28)17-30-24-25-21-15-11-10-14-20(21)23(29)27(24)18(3)19-12-8-7-9-13-19/h7-15,18H,4-6,16-17H2,1-3H3/t18-/m1/s1. The van der Waals surface area contributed by atoms with E-state index < -0.39 is 0 Å². The molecule has 3 rings (SSSR count). The number of carbonyl (C=O) groups is 1. The van der Waals surface area contributed by atoms with Crippen LogP contribution in [0.5, 0.6) is 0 Å². The Bertz CT molecular complexity index is 1050. The summed E-state index contributed by atoms with van der Waals surface area (Å²) in [5, 5.41) is 1.17. The average Bonchev–Trinajstić information content (AvgIpc) is 2.78. The van der Waals surface area contributed by atoms with Crippen molar-refractivity contribution >= 4 is 28.6 Å². The van der Waals surface area contributed by atoms with E-state index in [-0.39, 0.29) is 23.3 Å². The second-order valence-electron chi connectivity index (χ2n) is 7.29. The van der Waals surface area contributed by atoms with Gasteiger partial charge >= 0.3 is 0 Å². The van der Waals surface area contributed by atoms with Crippen LogP contribution in [0.3, 0.4) is 0 Å². The van der Waals surface area contributed by atoms with Crippen LogP contribution in [0.25, 0.3) is 10.9 Å². The largest absolute Gasteiger partial charge is 0.342 e. The normalized spacial score (nSPS) is 12.1. The van der Waals surface area contributed by atoms with Gasteiger partial charge in [-0.1, -0.05) is 67.6 Å². The lowest BCUT2D eigenvalue weighted by atomic mass is 10.1. The fraction of sp³-hybridized carbons (Fsp3) is 0.375. The van der Waals surface area contributed by atoms with Crippen molar-refractivity contribution in [2.75, 3.05) is 18.8 Å². The number of fused-ring (bicyclic) bond motifs is 1. The molecule has 0 fully saturated rings. The number of nitrogens with zero attached hydrogens (tertiary/aromatic N) is 3. The molecular formula is C24H29N3O2S. The SMILES string of the molecule is CCCCN(CC)C(=O)CSc1nc2ccccc2c(=O)n1[C@H](C)c1ccccc1. The topological polar surface area (TPSA) is 55.2 Å². The highest BCUT2D eigenvalue weighted by atomic mass is 32.2. The third kappa shape index (κ3) is 4.93. The van der Waals surface area contributed by atoms with Crippen molar-refractivity contribution in [3.63, 3.8) is 0 Å². The number of aromatic nitrogens is 2. The van der Waals surface area contributed by atoms with Gasteiger partial charge in [-0.3, -0.25) is 14.2 Å². The Morgan fingerprint density at radius 1 is 1.10 bits per heavy atom. The van der Waals surface area contributed by atoms with Gasteiger partial charge in [-0.2, -0.15) is 0 Å². The van der Waals surface area contributed by atoms with Crippen LogP contribution in [0.2, 0.25) is 0 Å². The third-order valence-electron chi connectivity index (χ3n) is 5.29. The van der Waals surface area contributed by atoms with E-state index in [1.807, 2.05) is 73.3 Å². The van der Waals surface area contributed by atoms with Gasteiger partial charge < -0.3 is 4.90 Å². The molecule has 0 aliphatic rings. The predicted molar refractivity (Wildman–Crippen MR) is 124 cm³/mol. The summed E-state index contributed by atoms with van der Waals surface area (Å²) in [7, 11) is 0. The molecule has 1 amide bonds. The zero-order valence-electron chi connectivity index (χ0n) is 17.9. The average molecular weight is 424 g/mol. The van der Waals surface area contributed by atoms with Crippen LogP contribution in [0.1, 0.15) is 45.2 Å². The Labute approximate surface area is 182 Å². The van der Waals surface area contributed by atoms with E-state index in [0.29, 0.717) is 22.6 Å². The molecule has 0 radical (unpaired) electrons. The van der Waals surface area contributed by atoms with E-state index >= 15 is 0 Å². The first-order valence-electron chi connectivity index (χ1n) is 10.5. The Morgan fingerprint density at radius 2 is 1.80 bits per heavy atom. The number of carbonyl (C=O) groups excluding carboxylic acids is 1. The number of hydrogen-bond donors (Lipinski definition) is 0. The molecule has 1 heterocycles. The Hall–Kier alpha value is -2.60. The number of benzene rings is 2. The van der Waals surface area contributed by atoms with Crippen LogP contribution in [0.4, 0.5) is 0 Å². The van der Waals surface area contributed by atoms with Crippen LogP contribution in [0.15, 0.2) is 64.5 Å². The van der Waals surface area contributed by atoms with Gasteiger partial charge in [0.1, 0.15) is 0 Å². The molecule has 0 N–H and O–H groups in total. The fourth-order valence-corrected chi connectivity index (χ4v) is 4.45. The lowest BCUT2D eigenvalue weighted by Gasteiger charge is -2.22. The zero-order valence-corrected chi connectivity index (χ0v) is 18.7. The van der Waals surface area contributed by atoms with Gasteiger partial charge in [-0.05, 0) is 38.0 Å². The molecule has 0 unspecified atom stereocenters. The molecule has 1 aromatic heterocycles. The Kier molecular flexibility index (Phi) is 7.69. The smallest absolute Gasteiger partial charge is 0.262 e. The highest BCUT2D eigenvalue weighted by molar-refractivity contribution is 7.99. The van der Waals surface area contributed by atoms with Crippen molar-refractivity contribution in [3.8, 4) is 0 Å². The minimum Gasteiger partial charge on any atom is -0.342 e. The Balaban J connectivity index is 1.96. The summed E-state index contributed by atoms with van der Waals surface area (Å²) >= 11 is 1.34. The lowest BCUT2D eigenvalue weighted by Crippen LogP contribution is -2.33. The highest BCUT2D eigenvalue weighted by Crippen LogP contribution is 2.25. The van der Waals surface area contributed by atoms with E-state index in [4.69, 9.17) is 4.98 Å². The maximum atomic E-state index is 13.4. The summed E-state index contributed by atoms with van der Waals surface area (Å²) in [6.07, 6.45) is 2.05. The van der Waals surface area contributed by atoms with Crippen molar-refractivity contribution in [1.29, 1.82) is 0 Å². The number of hydrogen-bond acceptors (Lipinski definition) is 4. The summed E-state index contributed by atoms with van der Waals surface area (Å²) in [6, 6.07) is 17.1. The highest BCUT2D eigenvalue weighted by Gasteiger charge is 2.20. The monoisotopic (exact) mass is 423 g/mol. The van der Waals surface area contributed by atoms with Gasteiger partial charge in [-0.25, -0.2) is 4.98 Å². The summed E-state index contributed by atoms with van der Waals surface area (Å²) < 4.78 is 1.72. The second-order valence-corrected chi connectivity index (χ2v) is 8.23. The summed E-state index contributed by atoms with van der Waals surface area (Å²) in [5.41, 5.74) is 1.61. The molecule has 5 nitrogen and oxygen atoms in total. The molecule has 3 aromatic rings. The Morgan fingerprint density at radius 3 is 2.50 bits per heavy atom. The van der Waals surface area contributed by atoms with Crippen molar-refractivity contribution in [2.24, 2.45) is 0 Å². The van der Waals surface area contributed by atoms with E-state index in [1.54, 1.807) is 4.57 Å². The minimum absolute atomic E-state index is 0.0785. The molecule has 1 atom stereocenters. The zero-order chi connectivity index (χ0) is 21.5. The van der Waals surface area contributed by atoms with Gasteiger partial charge in [0.15, 0.2) is 5.16 Å². The van der Waals surface area contributed by atoms with Crippen molar-refractivity contribution in [2.45, 2.75) is 44.8 Å².